The fourth-order valence-electron chi connectivity index (χ4n) is 1.30. The van der Waals surface area contributed by atoms with Crippen LogP contribution in [0.4, 0.5) is 0 Å². The van der Waals surface area contributed by atoms with E-state index in [0.29, 0.717) is 11.5 Å². The first-order valence-electron chi connectivity index (χ1n) is 4.53. The number of imidazole rings is 1. The van der Waals surface area contributed by atoms with Crippen molar-refractivity contribution < 1.29 is 9.90 Å². The first kappa shape index (κ1) is 10.6. The first-order chi connectivity index (χ1) is 7.66. The number of hydrogen-bond acceptors (Lipinski definition) is 3. The van der Waals surface area contributed by atoms with E-state index in [1.165, 1.54) is 0 Å². The van der Waals surface area contributed by atoms with Crippen molar-refractivity contribution in [2.24, 2.45) is 0 Å². The van der Waals surface area contributed by atoms with E-state index in [1.54, 1.807) is 24.5 Å². The van der Waals surface area contributed by atoms with Crippen LogP contribution in [0.1, 0.15) is 5.69 Å². The van der Waals surface area contributed by atoms with E-state index in [4.69, 9.17) is 16.7 Å². The summed E-state index contributed by atoms with van der Waals surface area (Å²) in [5.41, 5.74) is 1.22. The van der Waals surface area contributed by atoms with Crippen LogP contribution in [-0.4, -0.2) is 26.0 Å². The Bertz CT molecular complexity index is 510. The van der Waals surface area contributed by atoms with Gasteiger partial charge in [-0.25, -0.2) is 4.98 Å². The highest BCUT2D eigenvalue weighted by molar-refractivity contribution is 6.30. The number of aromatic nitrogens is 3. The van der Waals surface area contributed by atoms with Crippen molar-refractivity contribution in [1.82, 2.24) is 15.0 Å². The van der Waals surface area contributed by atoms with Crippen molar-refractivity contribution in [3.05, 3.63) is 35.4 Å². The quantitative estimate of drug-likeness (QED) is 0.853. The predicted octanol–water partition coefficient (Wildman–Crippen LogP) is 1.75. The molecule has 0 fully saturated rings. The molecule has 2 rings (SSSR count). The second-order valence-electron chi connectivity index (χ2n) is 3.16. The molecule has 82 valence electrons. The molecule has 0 aromatic carbocycles. The van der Waals surface area contributed by atoms with Crippen LogP contribution in [-0.2, 0) is 11.2 Å². The summed E-state index contributed by atoms with van der Waals surface area (Å²) in [5, 5.41) is 8.84. The maximum Gasteiger partial charge on any atom is 0.309 e. The second-order valence-corrected chi connectivity index (χ2v) is 3.52. The molecule has 0 spiro atoms. The van der Waals surface area contributed by atoms with Crippen LogP contribution in [0, 0.1) is 0 Å². The van der Waals surface area contributed by atoms with Gasteiger partial charge in [-0.3, -0.25) is 9.78 Å². The molecule has 2 aromatic heterocycles. The fraction of sp³-hybridized carbons (Fsp3) is 0.100. The largest absolute Gasteiger partial charge is 0.481 e. The maximum absolute atomic E-state index is 10.6. The number of carbonyl (C=O) groups is 1. The Morgan fingerprint density at radius 1 is 1.44 bits per heavy atom. The molecule has 0 amide bonds. The third kappa shape index (κ3) is 2.20. The minimum Gasteiger partial charge on any atom is -0.481 e. The van der Waals surface area contributed by atoms with E-state index in [-0.39, 0.29) is 11.6 Å². The number of halogens is 1. The van der Waals surface area contributed by atoms with E-state index in [0.717, 1.165) is 5.56 Å². The number of H-pyrrole nitrogens is 1. The van der Waals surface area contributed by atoms with Crippen LogP contribution in [0.25, 0.3) is 11.4 Å². The van der Waals surface area contributed by atoms with Crippen LogP contribution in [0.3, 0.4) is 0 Å². The van der Waals surface area contributed by atoms with E-state index >= 15 is 0 Å². The van der Waals surface area contributed by atoms with Gasteiger partial charge in [0.05, 0.1) is 12.1 Å². The lowest BCUT2D eigenvalue weighted by Gasteiger charge is -1.94. The monoisotopic (exact) mass is 237 g/mol. The van der Waals surface area contributed by atoms with Crippen molar-refractivity contribution >= 4 is 17.6 Å². The molecule has 0 radical (unpaired) electrons. The van der Waals surface area contributed by atoms with Crippen molar-refractivity contribution in [3.8, 4) is 11.4 Å². The molecule has 0 saturated heterocycles. The van der Waals surface area contributed by atoms with Crippen molar-refractivity contribution in [3.63, 3.8) is 0 Å². The molecule has 0 atom stereocenters. The van der Waals surface area contributed by atoms with E-state index in [2.05, 4.69) is 15.0 Å². The van der Waals surface area contributed by atoms with Crippen LogP contribution in [0.5, 0.6) is 0 Å². The number of carboxylic acids is 1. The Kier molecular flexibility index (Phi) is 2.87. The lowest BCUT2D eigenvalue weighted by Crippen LogP contribution is -2.00. The molecule has 0 aliphatic carbocycles. The molecule has 0 aliphatic rings. The van der Waals surface area contributed by atoms with E-state index in [1.807, 2.05) is 0 Å². The number of nitrogens with zero attached hydrogens (tertiary/aromatic N) is 2. The summed E-state index contributed by atoms with van der Waals surface area (Å²) in [6.45, 7) is 0. The number of pyridine rings is 1. The Morgan fingerprint density at radius 2 is 2.12 bits per heavy atom. The standard InChI is InChI=1S/C10H8ClN3O2/c11-9-7(5-8(15)16)13-10(14-9)6-1-3-12-4-2-6/h1-4H,5H2,(H,13,14)(H,15,16). The van der Waals surface area contributed by atoms with Gasteiger partial charge in [0.2, 0.25) is 0 Å². The van der Waals surface area contributed by atoms with E-state index < -0.39 is 5.97 Å². The number of aliphatic carboxylic acids is 1. The first-order valence-corrected chi connectivity index (χ1v) is 4.91. The molecule has 2 aromatic rings. The molecule has 0 bridgehead atoms. The van der Waals surface area contributed by atoms with Gasteiger partial charge in [0.15, 0.2) is 5.15 Å². The summed E-state index contributed by atoms with van der Waals surface area (Å²) in [7, 11) is 0. The fourth-order valence-corrected chi connectivity index (χ4v) is 1.50. The normalized spacial score (nSPS) is 10.3. The lowest BCUT2D eigenvalue weighted by molar-refractivity contribution is -0.136. The lowest BCUT2D eigenvalue weighted by atomic mass is 10.2. The number of aromatic amines is 1. The van der Waals surface area contributed by atoms with Crippen LogP contribution < -0.4 is 0 Å². The molecule has 6 heteroatoms. The molecule has 0 saturated carbocycles. The number of nitrogens with one attached hydrogen (secondary N) is 1. The molecular formula is C10H8ClN3O2. The summed E-state index contributed by atoms with van der Waals surface area (Å²) in [5.74, 6) is -0.407. The van der Waals surface area contributed by atoms with Gasteiger partial charge < -0.3 is 10.1 Å². The summed E-state index contributed by atoms with van der Waals surface area (Å²) in [6, 6.07) is 3.53. The average molecular weight is 238 g/mol. The minimum atomic E-state index is -0.952. The highest BCUT2D eigenvalue weighted by atomic mass is 35.5. The number of rotatable bonds is 3. The molecular weight excluding hydrogens is 230 g/mol. The van der Waals surface area contributed by atoms with E-state index in [9.17, 15) is 4.79 Å². The van der Waals surface area contributed by atoms with Crippen molar-refractivity contribution in [2.45, 2.75) is 6.42 Å². The van der Waals surface area contributed by atoms with Crippen LogP contribution in [0.2, 0.25) is 5.15 Å². The Hall–Kier alpha value is -1.88. The molecule has 0 unspecified atom stereocenters. The zero-order valence-corrected chi connectivity index (χ0v) is 8.90. The molecule has 2 heterocycles. The highest BCUT2D eigenvalue weighted by Crippen LogP contribution is 2.20. The van der Waals surface area contributed by atoms with Gasteiger partial charge in [-0.2, -0.15) is 0 Å². The molecule has 2 N–H and O–H groups in total. The smallest absolute Gasteiger partial charge is 0.309 e. The van der Waals surface area contributed by atoms with Gasteiger partial charge >= 0.3 is 5.97 Å². The summed E-state index contributed by atoms with van der Waals surface area (Å²) < 4.78 is 0. The second kappa shape index (κ2) is 4.32. The number of carboxylic acid groups (broad SMARTS) is 1. The maximum atomic E-state index is 10.6. The third-order valence-electron chi connectivity index (χ3n) is 2.01. The molecule has 0 aliphatic heterocycles. The third-order valence-corrected chi connectivity index (χ3v) is 2.32. The zero-order chi connectivity index (χ0) is 11.5. The highest BCUT2D eigenvalue weighted by Gasteiger charge is 2.12. The van der Waals surface area contributed by atoms with Gasteiger partial charge in [-0.1, -0.05) is 11.6 Å². The Labute approximate surface area is 96.1 Å². The topological polar surface area (TPSA) is 78.9 Å². The Morgan fingerprint density at radius 3 is 2.75 bits per heavy atom. The SMILES string of the molecule is O=C(O)Cc1[nH]c(-c2ccncc2)nc1Cl. The van der Waals surface area contributed by atoms with Gasteiger partial charge in [0.25, 0.3) is 0 Å². The average Bonchev–Trinajstić information content (AvgIpc) is 2.61. The summed E-state index contributed by atoms with van der Waals surface area (Å²) in [4.78, 5) is 21.4. The van der Waals surface area contributed by atoms with Gasteiger partial charge in [-0.15, -0.1) is 0 Å². The van der Waals surface area contributed by atoms with Gasteiger partial charge in [0, 0.05) is 18.0 Å². The number of hydrogen-bond donors (Lipinski definition) is 2. The summed E-state index contributed by atoms with van der Waals surface area (Å²) in [6.07, 6.45) is 3.09. The molecule has 16 heavy (non-hydrogen) atoms. The Balaban J connectivity index is 2.34. The predicted molar refractivity (Wildman–Crippen MR) is 58.2 cm³/mol. The molecule has 5 nitrogen and oxygen atoms in total. The van der Waals surface area contributed by atoms with Crippen molar-refractivity contribution in [2.75, 3.05) is 0 Å². The minimum absolute atomic E-state index is 0.170. The zero-order valence-electron chi connectivity index (χ0n) is 8.14. The van der Waals surface area contributed by atoms with Gasteiger partial charge in [0.1, 0.15) is 5.82 Å². The van der Waals surface area contributed by atoms with Gasteiger partial charge in [-0.05, 0) is 12.1 Å². The van der Waals surface area contributed by atoms with Crippen LogP contribution in [0.15, 0.2) is 24.5 Å². The van der Waals surface area contributed by atoms with Crippen molar-refractivity contribution in [1.29, 1.82) is 0 Å². The van der Waals surface area contributed by atoms with Crippen LogP contribution >= 0.6 is 11.6 Å². The summed E-state index contributed by atoms with van der Waals surface area (Å²) >= 11 is 5.82.